The van der Waals surface area contributed by atoms with Gasteiger partial charge in [0.1, 0.15) is 16.4 Å². The molecule has 0 aromatic heterocycles. The lowest BCUT2D eigenvalue weighted by Gasteiger charge is -2.16. The third-order valence-electron chi connectivity index (χ3n) is 5.59. The zero-order valence-electron chi connectivity index (χ0n) is 20.0. The summed E-state index contributed by atoms with van der Waals surface area (Å²) in [5.41, 5.74) is 0.639. The highest BCUT2D eigenvalue weighted by molar-refractivity contribution is 7.87. The Kier molecular flexibility index (Phi) is 6.91. The molecule has 198 valence electrons. The number of carbonyl (C=O) groups excluding carboxylic acids is 2. The van der Waals surface area contributed by atoms with Gasteiger partial charge in [-0.3, -0.25) is 14.4 Å². The van der Waals surface area contributed by atoms with E-state index >= 15 is 0 Å². The molecule has 4 aromatic rings. The van der Waals surface area contributed by atoms with Gasteiger partial charge in [-0.05, 0) is 54.1 Å². The number of carbonyl (C=O) groups is 2. The first-order valence-electron chi connectivity index (χ1n) is 11.4. The first-order chi connectivity index (χ1) is 18.7. The second-order valence-corrected chi connectivity index (χ2v) is 11.3. The number of amides is 2. The topological polar surface area (TPSA) is 133 Å². The molecule has 0 saturated heterocycles. The zero-order chi connectivity index (χ0) is 27.6. The Morgan fingerprint density at radius 1 is 0.564 bits per heavy atom. The molecule has 0 unspecified atom stereocenters. The molecule has 0 radical (unpaired) electrons. The number of nitrogens with zero attached hydrogens (tertiary/aromatic N) is 1. The maximum atomic E-state index is 12.9. The largest absolute Gasteiger partial charge is 0.375 e. The highest BCUT2D eigenvalue weighted by Crippen LogP contribution is 2.34. The smallest absolute Gasteiger partial charge is 0.339 e. The third-order valence-corrected chi connectivity index (χ3v) is 8.08. The Balaban J connectivity index is 1.44. The van der Waals surface area contributed by atoms with Gasteiger partial charge in [-0.15, -0.1) is 5.06 Å². The van der Waals surface area contributed by atoms with E-state index in [1.165, 1.54) is 78.9 Å². The molecule has 4 aromatic carbocycles. The number of fused-ring (bicyclic) bond motifs is 1. The molecule has 0 atom stereocenters. The summed E-state index contributed by atoms with van der Waals surface area (Å²) < 4.78 is 62.0. The summed E-state index contributed by atoms with van der Waals surface area (Å²) in [5.74, 6) is -2.13. The second kappa shape index (κ2) is 10.3. The summed E-state index contributed by atoms with van der Waals surface area (Å²) in [6.07, 6.45) is 0. The Labute approximate surface area is 224 Å². The van der Waals surface area contributed by atoms with E-state index in [0.717, 1.165) is 0 Å². The predicted molar refractivity (Wildman–Crippen MR) is 137 cm³/mol. The van der Waals surface area contributed by atoms with Crippen LogP contribution < -0.4 is 8.37 Å². The molecular weight excluding hydrogens is 546 g/mol. The fourth-order valence-electron chi connectivity index (χ4n) is 3.71. The molecule has 1 aliphatic heterocycles. The van der Waals surface area contributed by atoms with Gasteiger partial charge in [0, 0.05) is 0 Å². The molecule has 1 heterocycles. The van der Waals surface area contributed by atoms with Gasteiger partial charge in [0.05, 0.1) is 11.1 Å². The van der Waals surface area contributed by atoms with E-state index in [9.17, 15) is 26.4 Å². The minimum Gasteiger partial charge on any atom is -0.375 e. The standard InChI is InChI=1S/C27H19NO9S2/c29-26-22-13-7-8-14-23(22)27(30)28(26)35-18-19-15-16-24(36-38(31,32)20-9-3-1-4-10-20)25(17-19)37-39(33,34)21-11-5-2-6-12-21/h1-17H,18H2. The van der Waals surface area contributed by atoms with E-state index < -0.39 is 43.5 Å². The van der Waals surface area contributed by atoms with Crippen LogP contribution in [0.1, 0.15) is 26.3 Å². The molecule has 0 spiro atoms. The molecule has 0 fully saturated rings. The summed E-state index contributed by atoms with van der Waals surface area (Å²) >= 11 is 0. The molecule has 2 amide bonds. The van der Waals surface area contributed by atoms with Gasteiger partial charge >= 0.3 is 20.2 Å². The molecule has 12 heteroatoms. The summed E-state index contributed by atoms with van der Waals surface area (Å²) in [6, 6.07) is 24.5. The van der Waals surface area contributed by atoms with Crippen LogP contribution >= 0.6 is 0 Å². The number of hydrogen-bond acceptors (Lipinski definition) is 9. The van der Waals surface area contributed by atoms with E-state index in [1.54, 1.807) is 24.3 Å². The Morgan fingerprint density at radius 3 is 1.54 bits per heavy atom. The van der Waals surface area contributed by atoms with Crippen LogP contribution in [0.25, 0.3) is 0 Å². The molecule has 0 N–H and O–H groups in total. The fraction of sp³-hybridized carbons (Fsp3) is 0.0370. The van der Waals surface area contributed by atoms with E-state index in [2.05, 4.69) is 0 Å². The van der Waals surface area contributed by atoms with E-state index in [1.807, 2.05) is 0 Å². The first kappa shape index (κ1) is 26.1. The molecule has 1 aliphatic rings. The van der Waals surface area contributed by atoms with Gasteiger partial charge in [0.15, 0.2) is 11.5 Å². The van der Waals surface area contributed by atoms with Gasteiger partial charge in [0.25, 0.3) is 11.8 Å². The lowest BCUT2D eigenvalue weighted by atomic mass is 10.1. The predicted octanol–water partition coefficient (Wildman–Crippen LogP) is 3.95. The molecule has 39 heavy (non-hydrogen) atoms. The van der Waals surface area contributed by atoms with Crippen molar-refractivity contribution < 1.29 is 39.6 Å². The van der Waals surface area contributed by atoms with Crippen LogP contribution in [0.15, 0.2) is 113 Å². The van der Waals surface area contributed by atoms with Crippen LogP contribution in [0.2, 0.25) is 0 Å². The van der Waals surface area contributed by atoms with E-state index in [4.69, 9.17) is 13.2 Å². The van der Waals surface area contributed by atoms with Crippen LogP contribution in [0.3, 0.4) is 0 Å². The normalized spacial score (nSPS) is 13.3. The highest BCUT2D eigenvalue weighted by atomic mass is 32.2. The minimum atomic E-state index is -4.39. The molecular formula is C27H19NO9S2. The minimum absolute atomic E-state index is 0.153. The van der Waals surface area contributed by atoms with Gasteiger partial charge in [0.2, 0.25) is 0 Å². The third kappa shape index (κ3) is 5.39. The lowest BCUT2D eigenvalue weighted by Crippen LogP contribution is -2.29. The van der Waals surface area contributed by atoms with Crippen molar-refractivity contribution in [2.24, 2.45) is 0 Å². The zero-order valence-corrected chi connectivity index (χ0v) is 21.6. The Hall–Kier alpha value is -4.52. The number of rotatable bonds is 9. The van der Waals surface area contributed by atoms with Gasteiger partial charge < -0.3 is 8.37 Å². The molecule has 0 saturated carbocycles. The number of imide groups is 1. The fourth-order valence-corrected chi connectivity index (χ4v) is 5.62. The van der Waals surface area contributed by atoms with E-state index in [0.29, 0.717) is 5.06 Å². The number of hydroxylamine groups is 2. The van der Waals surface area contributed by atoms with Crippen molar-refractivity contribution in [2.45, 2.75) is 16.4 Å². The average Bonchev–Trinajstić information content (AvgIpc) is 3.18. The Bertz CT molecular complexity index is 1740. The van der Waals surface area contributed by atoms with Gasteiger partial charge in [-0.1, -0.05) is 54.6 Å². The van der Waals surface area contributed by atoms with Gasteiger partial charge in [-0.25, -0.2) is 0 Å². The van der Waals surface area contributed by atoms with Crippen molar-refractivity contribution in [3.63, 3.8) is 0 Å². The summed E-state index contributed by atoms with van der Waals surface area (Å²) in [6.45, 7) is -0.348. The molecule has 10 nitrogen and oxygen atoms in total. The molecule has 5 rings (SSSR count). The summed E-state index contributed by atoms with van der Waals surface area (Å²) in [7, 11) is -8.73. The monoisotopic (exact) mass is 565 g/mol. The van der Waals surface area contributed by atoms with Crippen molar-refractivity contribution in [2.75, 3.05) is 0 Å². The first-order valence-corrected chi connectivity index (χ1v) is 14.2. The summed E-state index contributed by atoms with van der Waals surface area (Å²) in [4.78, 5) is 30.3. The molecule has 0 aliphatic carbocycles. The highest BCUT2D eigenvalue weighted by Gasteiger charge is 2.36. The quantitative estimate of drug-likeness (QED) is 0.218. The van der Waals surface area contributed by atoms with Crippen molar-refractivity contribution in [1.29, 1.82) is 0 Å². The average molecular weight is 566 g/mol. The molecule has 0 bridgehead atoms. The van der Waals surface area contributed by atoms with Crippen LogP contribution in [-0.4, -0.2) is 33.7 Å². The number of benzene rings is 4. The van der Waals surface area contributed by atoms with Crippen LogP contribution in [0.5, 0.6) is 11.5 Å². The van der Waals surface area contributed by atoms with Crippen molar-refractivity contribution >= 4 is 32.1 Å². The van der Waals surface area contributed by atoms with Crippen LogP contribution in [0, 0.1) is 0 Å². The maximum Gasteiger partial charge on any atom is 0.339 e. The Morgan fingerprint density at radius 2 is 1.03 bits per heavy atom. The second-order valence-electron chi connectivity index (χ2n) is 8.21. The van der Waals surface area contributed by atoms with Crippen molar-refractivity contribution in [3.8, 4) is 11.5 Å². The van der Waals surface area contributed by atoms with Crippen LogP contribution in [-0.2, 0) is 31.7 Å². The van der Waals surface area contributed by atoms with Crippen molar-refractivity contribution in [1.82, 2.24) is 5.06 Å². The van der Waals surface area contributed by atoms with Gasteiger partial charge in [-0.2, -0.15) is 16.8 Å². The van der Waals surface area contributed by atoms with E-state index in [-0.39, 0.29) is 33.1 Å². The maximum absolute atomic E-state index is 12.9. The van der Waals surface area contributed by atoms with Crippen molar-refractivity contribution in [3.05, 3.63) is 120 Å². The lowest BCUT2D eigenvalue weighted by molar-refractivity contribution is -0.101. The van der Waals surface area contributed by atoms with Crippen LogP contribution in [0.4, 0.5) is 0 Å². The SMILES string of the molecule is O=C1c2ccccc2C(=O)N1OCc1ccc(OS(=O)(=O)c2ccccc2)c(OS(=O)(=O)c2ccccc2)c1. The summed E-state index contributed by atoms with van der Waals surface area (Å²) in [5, 5.41) is 0.607. The number of hydrogen-bond donors (Lipinski definition) is 0.